The summed E-state index contributed by atoms with van der Waals surface area (Å²) in [5.74, 6) is 0. The van der Waals surface area contributed by atoms with Gasteiger partial charge in [0.25, 0.3) is 0 Å². The fourth-order valence-electron chi connectivity index (χ4n) is 3.27. The van der Waals surface area contributed by atoms with Crippen molar-refractivity contribution in [2.24, 2.45) is 0 Å². The number of nitrogens with one attached hydrogen (secondary N) is 1. The molecule has 23 heavy (non-hydrogen) atoms. The normalized spacial score (nSPS) is 17.4. The maximum absolute atomic E-state index is 5.63. The Kier molecular flexibility index (Phi) is 6.42. The number of hydrogen-bond acceptors (Lipinski definition) is 2. The van der Waals surface area contributed by atoms with Crippen LogP contribution in [0.2, 0.25) is 0 Å². The molecule has 0 aliphatic carbocycles. The average Bonchev–Trinajstić information content (AvgIpc) is 2.56. The average molecular weight is 334 g/mol. The summed E-state index contributed by atoms with van der Waals surface area (Å²) in [4.78, 5) is 4.85. The van der Waals surface area contributed by atoms with Crippen LogP contribution in [0.15, 0.2) is 18.2 Å². The summed E-state index contributed by atoms with van der Waals surface area (Å²) >= 11 is 5.63. The molecule has 128 valence electrons. The predicted octanol–water partition coefficient (Wildman–Crippen LogP) is 4.19. The van der Waals surface area contributed by atoms with Gasteiger partial charge in [0.15, 0.2) is 5.11 Å². The lowest BCUT2D eigenvalue weighted by Gasteiger charge is -2.40. The van der Waals surface area contributed by atoms with Crippen molar-refractivity contribution < 1.29 is 0 Å². The number of nitrogens with zero attached hydrogens (tertiary/aromatic N) is 2. The molecule has 1 aliphatic heterocycles. The second kappa shape index (κ2) is 8.11. The molecule has 4 heteroatoms. The second-order valence-corrected chi connectivity index (χ2v) is 7.28. The summed E-state index contributed by atoms with van der Waals surface area (Å²) in [6.07, 6.45) is 3.59. The van der Waals surface area contributed by atoms with Crippen molar-refractivity contribution in [3.8, 4) is 0 Å². The monoisotopic (exact) mass is 333 g/mol. The third-order valence-corrected chi connectivity index (χ3v) is 5.60. The number of anilines is 1. The molecule has 0 aromatic heterocycles. The quantitative estimate of drug-likeness (QED) is 0.832. The SMILES string of the molecule is CC[C@H](C)N(C)C1CCN(C(=S)Nc2ccc(C)cc2C)CC1. The maximum Gasteiger partial charge on any atom is 0.173 e. The summed E-state index contributed by atoms with van der Waals surface area (Å²) in [7, 11) is 2.26. The molecular weight excluding hydrogens is 302 g/mol. The summed E-state index contributed by atoms with van der Waals surface area (Å²) in [5, 5.41) is 4.29. The number of aryl methyl sites for hydroxylation is 2. The van der Waals surface area contributed by atoms with Gasteiger partial charge in [-0.05, 0) is 70.9 Å². The first kappa shape index (κ1) is 18.2. The van der Waals surface area contributed by atoms with Crippen LogP contribution in [-0.2, 0) is 0 Å². The first-order valence-electron chi connectivity index (χ1n) is 8.77. The minimum Gasteiger partial charge on any atom is -0.349 e. The largest absolute Gasteiger partial charge is 0.349 e. The summed E-state index contributed by atoms with van der Waals surface area (Å²) in [6.45, 7) is 10.9. The molecule has 3 nitrogen and oxygen atoms in total. The van der Waals surface area contributed by atoms with Gasteiger partial charge in [0.05, 0.1) is 0 Å². The summed E-state index contributed by atoms with van der Waals surface area (Å²) in [6, 6.07) is 7.79. The highest BCUT2D eigenvalue weighted by Crippen LogP contribution is 2.21. The van der Waals surface area contributed by atoms with E-state index in [2.05, 4.69) is 68.1 Å². The fourth-order valence-corrected chi connectivity index (χ4v) is 3.56. The number of benzene rings is 1. The van der Waals surface area contributed by atoms with E-state index in [1.807, 2.05) is 0 Å². The molecule has 1 fully saturated rings. The van der Waals surface area contributed by atoms with Crippen LogP contribution >= 0.6 is 12.2 Å². The van der Waals surface area contributed by atoms with Crippen molar-refractivity contribution in [1.29, 1.82) is 0 Å². The van der Waals surface area contributed by atoms with Crippen molar-refractivity contribution >= 4 is 23.0 Å². The molecule has 0 saturated carbocycles. The number of rotatable bonds is 4. The van der Waals surface area contributed by atoms with E-state index >= 15 is 0 Å². The third kappa shape index (κ3) is 4.67. The van der Waals surface area contributed by atoms with Crippen LogP contribution in [0.4, 0.5) is 5.69 Å². The van der Waals surface area contributed by atoms with Crippen LogP contribution in [-0.4, -0.2) is 47.1 Å². The molecule has 1 aliphatic rings. The minimum absolute atomic E-state index is 0.659. The van der Waals surface area contributed by atoms with Gasteiger partial charge >= 0.3 is 0 Å². The van der Waals surface area contributed by atoms with Crippen molar-refractivity contribution in [2.75, 3.05) is 25.5 Å². The minimum atomic E-state index is 0.659. The van der Waals surface area contributed by atoms with Crippen LogP contribution in [0.3, 0.4) is 0 Å². The third-order valence-electron chi connectivity index (χ3n) is 5.24. The molecule has 0 radical (unpaired) electrons. The van der Waals surface area contributed by atoms with Gasteiger partial charge in [-0.25, -0.2) is 0 Å². The van der Waals surface area contributed by atoms with Crippen LogP contribution in [0.1, 0.15) is 44.2 Å². The van der Waals surface area contributed by atoms with E-state index in [4.69, 9.17) is 12.2 Å². The van der Waals surface area contributed by atoms with Crippen LogP contribution in [0.5, 0.6) is 0 Å². The molecule has 1 saturated heterocycles. The highest BCUT2D eigenvalue weighted by atomic mass is 32.1. The predicted molar refractivity (Wildman–Crippen MR) is 104 cm³/mol. The second-order valence-electron chi connectivity index (χ2n) is 6.89. The van der Waals surface area contributed by atoms with Gasteiger partial charge in [0.1, 0.15) is 0 Å². The van der Waals surface area contributed by atoms with Gasteiger partial charge in [-0.15, -0.1) is 0 Å². The van der Waals surface area contributed by atoms with Crippen LogP contribution < -0.4 is 5.32 Å². The maximum atomic E-state index is 5.63. The lowest BCUT2D eigenvalue weighted by molar-refractivity contribution is 0.126. The lowest BCUT2D eigenvalue weighted by atomic mass is 10.0. The van der Waals surface area contributed by atoms with Gasteiger partial charge in [0.2, 0.25) is 0 Å². The number of likely N-dealkylation sites (tertiary alicyclic amines) is 1. The molecule has 1 heterocycles. The van der Waals surface area contributed by atoms with E-state index < -0.39 is 0 Å². The number of thiocarbonyl (C=S) groups is 1. The lowest BCUT2D eigenvalue weighted by Crippen LogP contribution is -2.48. The topological polar surface area (TPSA) is 18.5 Å². The molecule has 2 rings (SSSR count). The Labute approximate surface area is 147 Å². The zero-order valence-electron chi connectivity index (χ0n) is 15.2. The molecule has 1 N–H and O–H groups in total. The molecule has 1 aromatic rings. The van der Waals surface area contributed by atoms with Gasteiger partial charge < -0.3 is 15.1 Å². The van der Waals surface area contributed by atoms with Gasteiger partial charge in [-0.1, -0.05) is 24.6 Å². The number of piperidine rings is 1. The fraction of sp³-hybridized carbons (Fsp3) is 0.632. The first-order valence-corrected chi connectivity index (χ1v) is 9.18. The zero-order valence-corrected chi connectivity index (χ0v) is 16.0. The van der Waals surface area contributed by atoms with Crippen LogP contribution in [0.25, 0.3) is 0 Å². The summed E-state index contributed by atoms with van der Waals surface area (Å²) in [5.41, 5.74) is 3.66. The Bertz CT molecular complexity index is 535. The Morgan fingerprint density at radius 1 is 1.35 bits per heavy atom. The molecule has 1 atom stereocenters. The highest BCUT2D eigenvalue weighted by molar-refractivity contribution is 7.80. The number of hydrogen-bond donors (Lipinski definition) is 1. The van der Waals surface area contributed by atoms with Gasteiger partial charge in [-0.3, -0.25) is 0 Å². The summed E-state index contributed by atoms with van der Waals surface area (Å²) < 4.78 is 0. The van der Waals surface area contributed by atoms with Crippen LogP contribution in [0, 0.1) is 13.8 Å². The van der Waals surface area contributed by atoms with E-state index in [1.165, 1.54) is 30.4 Å². The zero-order chi connectivity index (χ0) is 17.0. The molecular formula is C19H31N3S. The van der Waals surface area contributed by atoms with Crippen molar-refractivity contribution in [3.63, 3.8) is 0 Å². The standard InChI is InChI=1S/C19H31N3S/c1-6-16(4)21(5)17-9-11-22(12-10-17)19(23)20-18-8-7-14(2)13-15(18)3/h7-8,13,16-17H,6,9-12H2,1-5H3,(H,20,23)/t16-/m0/s1. The van der Waals surface area contributed by atoms with Gasteiger partial charge in [0, 0.05) is 30.9 Å². The molecule has 0 spiro atoms. The van der Waals surface area contributed by atoms with E-state index in [0.29, 0.717) is 12.1 Å². The van der Waals surface area contributed by atoms with Crippen molar-refractivity contribution in [3.05, 3.63) is 29.3 Å². The van der Waals surface area contributed by atoms with E-state index in [9.17, 15) is 0 Å². The van der Waals surface area contributed by atoms with Crippen molar-refractivity contribution in [2.45, 2.75) is 59.0 Å². The smallest absolute Gasteiger partial charge is 0.173 e. The van der Waals surface area contributed by atoms with Crippen molar-refractivity contribution in [1.82, 2.24) is 9.80 Å². The highest BCUT2D eigenvalue weighted by Gasteiger charge is 2.25. The molecule has 0 amide bonds. The van der Waals surface area contributed by atoms with E-state index in [0.717, 1.165) is 23.9 Å². The Hall–Kier alpha value is -1.13. The van der Waals surface area contributed by atoms with Gasteiger partial charge in [-0.2, -0.15) is 0 Å². The molecule has 0 bridgehead atoms. The Morgan fingerprint density at radius 3 is 2.57 bits per heavy atom. The first-order chi connectivity index (χ1) is 10.9. The molecule has 0 unspecified atom stereocenters. The van der Waals surface area contributed by atoms with E-state index in [1.54, 1.807) is 0 Å². The van der Waals surface area contributed by atoms with E-state index in [-0.39, 0.29) is 0 Å². The molecule has 1 aromatic carbocycles. The Balaban J connectivity index is 1.88. The Morgan fingerprint density at radius 2 is 2.00 bits per heavy atom.